The highest BCUT2D eigenvalue weighted by Gasteiger charge is 2.24. The highest BCUT2D eigenvalue weighted by atomic mass is 32.2. The number of aromatic nitrogens is 2. The van der Waals surface area contributed by atoms with Crippen LogP contribution in [0.3, 0.4) is 0 Å². The normalized spacial score (nSPS) is 14.4. The molecule has 0 fully saturated rings. The molecule has 10 nitrogen and oxygen atoms in total. The molecule has 11 heteroatoms. The summed E-state index contributed by atoms with van der Waals surface area (Å²) in [4.78, 5) is 31.3. The van der Waals surface area contributed by atoms with Crippen LogP contribution in [0.5, 0.6) is 0 Å². The summed E-state index contributed by atoms with van der Waals surface area (Å²) in [6, 6.07) is 9.74. The molecule has 1 aliphatic rings. The maximum atomic E-state index is 12.3. The van der Waals surface area contributed by atoms with E-state index in [1.54, 1.807) is 24.3 Å². The van der Waals surface area contributed by atoms with E-state index in [1.165, 1.54) is 12.1 Å². The molecule has 0 bridgehead atoms. The Morgan fingerprint density at radius 1 is 1.30 bits per heavy atom. The van der Waals surface area contributed by atoms with Crippen molar-refractivity contribution in [2.24, 2.45) is 0 Å². The zero-order valence-corrected chi connectivity index (χ0v) is 16.8. The minimum atomic E-state index is -3.59. The minimum Gasteiger partial charge on any atom is -0.460 e. The molecule has 1 N–H and O–H groups in total. The standard InChI is InChI=1S/C19H18N4O6S/c1-30(27,28)19-20-16-7-8-22(11-15(16)18(24)21-19)10-14-5-6-17(29-14)12-3-2-4-13(9-12)23(25)26/h2-6,9H,7-8,10-11H2,1H3,(H,20,21,24). The predicted octanol–water partition coefficient (Wildman–Crippen LogP) is 1.90. The molecule has 156 valence electrons. The summed E-state index contributed by atoms with van der Waals surface area (Å²) < 4.78 is 29.2. The van der Waals surface area contributed by atoms with Gasteiger partial charge in [0.1, 0.15) is 11.5 Å². The van der Waals surface area contributed by atoms with Gasteiger partial charge in [-0.3, -0.25) is 24.8 Å². The third-order valence-electron chi connectivity index (χ3n) is 4.86. The van der Waals surface area contributed by atoms with Crippen LogP contribution >= 0.6 is 0 Å². The second-order valence-corrected chi connectivity index (χ2v) is 9.03. The lowest BCUT2D eigenvalue weighted by molar-refractivity contribution is -0.384. The van der Waals surface area contributed by atoms with Crippen LogP contribution in [0.2, 0.25) is 0 Å². The van der Waals surface area contributed by atoms with Crippen LogP contribution in [-0.4, -0.2) is 41.0 Å². The van der Waals surface area contributed by atoms with Gasteiger partial charge in [0.05, 0.1) is 22.7 Å². The number of non-ortho nitro benzene ring substituents is 1. The Labute approximate surface area is 171 Å². The SMILES string of the molecule is CS(=O)(=O)c1nc2c(c(=O)[nH]1)CN(Cc1ccc(-c3cccc([N+](=O)[O-])c3)o1)CC2. The molecule has 2 aromatic heterocycles. The van der Waals surface area contributed by atoms with Gasteiger partial charge < -0.3 is 4.42 Å². The van der Waals surface area contributed by atoms with Gasteiger partial charge in [0.2, 0.25) is 15.0 Å². The van der Waals surface area contributed by atoms with Gasteiger partial charge in [-0.2, -0.15) is 0 Å². The van der Waals surface area contributed by atoms with E-state index < -0.39 is 20.3 Å². The first-order chi connectivity index (χ1) is 14.2. The van der Waals surface area contributed by atoms with Gasteiger partial charge in [-0.05, 0) is 12.1 Å². The van der Waals surface area contributed by atoms with Crippen LogP contribution in [0.25, 0.3) is 11.3 Å². The van der Waals surface area contributed by atoms with Crippen molar-refractivity contribution in [2.75, 3.05) is 12.8 Å². The average Bonchev–Trinajstić information content (AvgIpc) is 3.16. The van der Waals surface area contributed by atoms with Gasteiger partial charge in [0.25, 0.3) is 11.2 Å². The zero-order chi connectivity index (χ0) is 21.5. The molecule has 0 saturated carbocycles. The molecule has 1 aliphatic heterocycles. The molecule has 3 heterocycles. The molecule has 0 radical (unpaired) electrons. The number of nitro benzene ring substituents is 1. The molecule has 0 aliphatic carbocycles. The maximum Gasteiger partial charge on any atom is 0.270 e. The fraction of sp³-hybridized carbons (Fsp3) is 0.263. The third-order valence-corrected chi connectivity index (χ3v) is 5.76. The van der Waals surface area contributed by atoms with Gasteiger partial charge in [-0.15, -0.1) is 0 Å². The molecule has 0 amide bonds. The minimum absolute atomic E-state index is 0.0155. The third kappa shape index (κ3) is 4.02. The lowest BCUT2D eigenvalue weighted by Gasteiger charge is -2.26. The second-order valence-electron chi connectivity index (χ2n) is 7.10. The summed E-state index contributed by atoms with van der Waals surface area (Å²) in [6.07, 6.45) is 1.45. The number of sulfone groups is 1. The maximum absolute atomic E-state index is 12.3. The van der Waals surface area contributed by atoms with Crippen molar-refractivity contribution in [3.05, 3.63) is 73.9 Å². The Balaban J connectivity index is 1.52. The Morgan fingerprint density at radius 3 is 2.83 bits per heavy atom. The number of furan rings is 1. The van der Waals surface area contributed by atoms with Crippen LogP contribution in [-0.2, 0) is 29.3 Å². The molecule has 3 aromatic rings. The van der Waals surface area contributed by atoms with E-state index >= 15 is 0 Å². The van der Waals surface area contributed by atoms with Gasteiger partial charge in [-0.25, -0.2) is 13.4 Å². The highest BCUT2D eigenvalue weighted by Crippen LogP contribution is 2.27. The number of aromatic amines is 1. The molecule has 1 aromatic carbocycles. The van der Waals surface area contributed by atoms with Gasteiger partial charge in [0.15, 0.2) is 0 Å². The Bertz CT molecular complexity index is 1290. The molecular weight excluding hydrogens is 412 g/mol. The summed E-state index contributed by atoms with van der Waals surface area (Å²) >= 11 is 0. The van der Waals surface area contributed by atoms with E-state index in [-0.39, 0.29) is 10.8 Å². The van der Waals surface area contributed by atoms with E-state index in [0.29, 0.717) is 54.4 Å². The van der Waals surface area contributed by atoms with Gasteiger partial charge >= 0.3 is 0 Å². The predicted molar refractivity (Wildman–Crippen MR) is 107 cm³/mol. The van der Waals surface area contributed by atoms with Crippen LogP contribution in [0.15, 0.2) is 50.8 Å². The van der Waals surface area contributed by atoms with E-state index in [2.05, 4.69) is 9.97 Å². The summed E-state index contributed by atoms with van der Waals surface area (Å²) in [7, 11) is -3.59. The van der Waals surface area contributed by atoms with Crippen molar-refractivity contribution in [1.29, 1.82) is 0 Å². The van der Waals surface area contributed by atoms with E-state index in [9.17, 15) is 23.3 Å². The van der Waals surface area contributed by atoms with E-state index in [4.69, 9.17) is 4.42 Å². The lowest BCUT2D eigenvalue weighted by atomic mass is 10.1. The molecule has 0 saturated heterocycles. The van der Waals surface area contributed by atoms with Crippen molar-refractivity contribution >= 4 is 15.5 Å². The summed E-state index contributed by atoms with van der Waals surface area (Å²) in [5, 5.41) is 10.6. The first-order valence-electron chi connectivity index (χ1n) is 9.09. The van der Waals surface area contributed by atoms with Gasteiger partial charge in [0, 0.05) is 43.5 Å². The van der Waals surface area contributed by atoms with Gasteiger partial charge in [-0.1, -0.05) is 12.1 Å². The first-order valence-corrected chi connectivity index (χ1v) is 11.0. The largest absolute Gasteiger partial charge is 0.460 e. The van der Waals surface area contributed by atoms with E-state index in [1.807, 2.05) is 4.90 Å². The Hall–Kier alpha value is -3.31. The van der Waals surface area contributed by atoms with Crippen LogP contribution < -0.4 is 5.56 Å². The first kappa shape index (κ1) is 20.0. The number of H-pyrrole nitrogens is 1. The van der Waals surface area contributed by atoms with Crippen molar-refractivity contribution in [2.45, 2.75) is 24.7 Å². The number of hydrogen-bond acceptors (Lipinski definition) is 8. The van der Waals surface area contributed by atoms with Crippen LogP contribution in [0.1, 0.15) is 17.0 Å². The summed E-state index contributed by atoms with van der Waals surface area (Å²) in [5.74, 6) is 1.17. The number of nitro groups is 1. The van der Waals surface area contributed by atoms with Crippen LogP contribution in [0, 0.1) is 10.1 Å². The molecule has 30 heavy (non-hydrogen) atoms. The Morgan fingerprint density at radius 2 is 2.10 bits per heavy atom. The van der Waals surface area contributed by atoms with Crippen molar-refractivity contribution < 1.29 is 17.8 Å². The van der Waals surface area contributed by atoms with E-state index in [0.717, 1.165) is 6.26 Å². The molecule has 0 spiro atoms. The van der Waals surface area contributed by atoms with Crippen molar-refractivity contribution in [3.63, 3.8) is 0 Å². The molecule has 4 rings (SSSR count). The summed E-state index contributed by atoms with van der Waals surface area (Å²) in [5.41, 5.74) is 1.07. The fourth-order valence-corrected chi connectivity index (χ4v) is 3.93. The monoisotopic (exact) mass is 430 g/mol. The topological polar surface area (TPSA) is 139 Å². The second kappa shape index (κ2) is 7.50. The number of fused-ring (bicyclic) bond motifs is 1. The molecule has 0 unspecified atom stereocenters. The summed E-state index contributed by atoms with van der Waals surface area (Å²) in [6.45, 7) is 1.33. The molecule has 0 atom stereocenters. The quantitative estimate of drug-likeness (QED) is 0.368. The fourth-order valence-electron chi connectivity index (χ4n) is 3.38. The lowest BCUT2D eigenvalue weighted by Crippen LogP contribution is -2.36. The number of nitrogens with one attached hydrogen (secondary N) is 1. The smallest absolute Gasteiger partial charge is 0.270 e. The zero-order valence-electron chi connectivity index (χ0n) is 16.0. The highest BCUT2D eigenvalue weighted by molar-refractivity contribution is 7.90. The Kier molecular flexibility index (Phi) is 5.00. The van der Waals surface area contributed by atoms with Crippen molar-refractivity contribution in [3.8, 4) is 11.3 Å². The number of hydrogen-bond donors (Lipinski definition) is 1. The van der Waals surface area contributed by atoms with Crippen LogP contribution in [0.4, 0.5) is 5.69 Å². The average molecular weight is 430 g/mol. The number of nitrogens with zero attached hydrogens (tertiary/aromatic N) is 3. The molecular formula is C19H18N4O6S. The number of benzene rings is 1. The number of rotatable bonds is 5. The van der Waals surface area contributed by atoms with Crippen molar-refractivity contribution in [1.82, 2.24) is 14.9 Å².